The fourth-order valence-corrected chi connectivity index (χ4v) is 2.68. The van der Waals surface area contributed by atoms with Crippen LogP contribution in [0.25, 0.3) is 0 Å². The second-order valence-corrected chi connectivity index (χ2v) is 5.42. The van der Waals surface area contributed by atoms with E-state index in [0.717, 1.165) is 21.8 Å². The van der Waals surface area contributed by atoms with Crippen molar-refractivity contribution in [3.05, 3.63) is 50.4 Å². The highest BCUT2D eigenvalue weighted by Gasteiger charge is 2.15. The summed E-state index contributed by atoms with van der Waals surface area (Å²) in [7, 11) is 0. The van der Waals surface area contributed by atoms with E-state index in [0.29, 0.717) is 4.34 Å². The van der Waals surface area contributed by atoms with Crippen molar-refractivity contribution in [3.8, 4) is 0 Å². The molecule has 2 aromatic rings. The number of hydrogen-bond acceptors (Lipinski definition) is 3. The molecule has 0 aromatic carbocycles. The quantitative estimate of drug-likeness (QED) is 0.889. The van der Waals surface area contributed by atoms with Gasteiger partial charge in [0.25, 0.3) is 0 Å². The Morgan fingerprint density at radius 1 is 1.25 bits per heavy atom. The average molecular weight is 254 g/mol. The third-order valence-electron chi connectivity index (χ3n) is 2.42. The number of pyridine rings is 1. The van der Waals surface area contributed by atoms with Crippen LogP contribution in [0.4, 0.5) is 0 Å². The van der Waals surface area contributed by atoms with Crippen LogP contribution in [0.2, 0.25) is 4.34 Å². The predicted molar refractivity (Wildman–Crippen MR) is 67.1 cm³/mol. The molecule has 4 heteroatoms. The Balaban J connectivity index is 2.37. The number of rotatable bonds is 2. The van der Waals surface area contributed by atoms with Gasteiger partial charge in [0.15, 0.2) is 0 Å². The summed E-state index contributed by atoms with van der Waals surface area (Å²) < 4.78 is 0.687. The molecule has 16 heavy (non-hydrogen) atoms. The number of aryl methyl sites for hydroxylation is 2. The molecule has 0 saturated heterocycles. The Morgan fingerprint density at radius 2 is 2.00 bits per heavy atom. The number of halogens is 1. The molecule has 0 radical (unpaired) electrons. The highest BCUT2D eigenvalue weighted by atomic mass is 35.5. The van der Waals surface area contributed by atoms with Crippen LogP contribution >= 0.6 is 22.9 Å². The molecule has 0 saturated carbocycles. The van der Waals surface area contributed by atoms with Crippen LogP contribution in [-0.4, -0.2) is 10.1 Å². The Kier molecular flexibility index (Phi) is 3.28. The molecule has 2 rings (SSSR count). The average Bonchev–Trinajstić information content (AvgIpc) is 2.64. The summed E-state index contributed by atoms with van der Waals surface area (Å²) in [5, 5.41) is 10.2. The molecule has 2 aromatic heterocycles. The molecule has 0 aliphatic carbocycles. The van der Waals surface area contributed by atoms with Crippen molar-refractivity contribution in [1.29, 1.82) is 0 Å². The van der Waals surface area contributed by atoms with E-state index in [4.69, 9.17) is 11.6 Å². The topological polar surface area (TPSA) is 33.1 Å². The predicted octanol–water partition coefficient (Wildman–Crippen LogP) is 3.50. The minimum Gasteiger partial charge on any atom is -0.383 e. The number of aliphatic hydroxyl groups is 1. The zero-order valence-corrected chi connectivity index (χ0v) is 10.6. The second kappa shape index (κ2) is 4.53. The van der Waals surface area contributed by atoms with Gasteiger partial charge in [0.2, 0.25) is 0 Å². The van der Waals surface area contributed by atoms with Crippen molar-refractivity contribution in [2.24, 2.45) is 0 Å². The summed E-state index contributed by atoms with van der Waals surface area (Å²) in [4.78, 5) is 5.18. The first-order valence-corrected chi connectivity index (χ1v) is 6.15. The van der Waals surface area contributed by atoms with Crippen molar-refractivity contribution < 1.29 is 5.11 Å². The van der Waals surface area contributed by atoms with Gasteiger partial charge in [-0.05, 0) is 32.0 Å². The Morgan fingerprint density at radius 3 is 2.56 bits per heavy atom. The summed E-state index contributed by atoms with van der Waals surface area (Å²) in [6, 6.07) is 7.45. The van der Waals surface area contributed by atoms with E-state index >= 15 is 0 Å². The van der Waals surface area contributed by atoms with Crippen LogP contribution in [0.1, 0.15) is 27.9 Å². The molecule has 0 aliphatic heterocycles. The number of hydrogen-bond donors (Lipinski definition) is 1. The number of thiophene rings is 1. The van der Waals surface area contributed by atoms with E-state index in [9.17, 15) is 5.11 Å². The molecule has 2 nitrogen and oxygen atoms in total. The van der Waals surface area contributed by atoms with E-state index in [1.165, 1.54) is 11.3 Å². The summed E-state index contributed by atoms with van der Waals surface area (Å²) in [6.07, 6.45) is -0.634. The molecule has 1 unspecified atom stereocenters. The molecule has 0 aliphatic rings. The molecular weight excluding hydrogens is 242 g/mol. The van der Waals surface area contributed by atoms with Gasteiger partial charge in [-0.25, -0.2) is 0 Å². The normalized spacial score (nSPS) is 12.8. The minimum atomic E-state index is -0.634. The number of aromatic nitrogens is 1. The molecule has 1 N–H and O–H groups in total. The summed E-state index contributed by atoms with van der Waals surface area (Å²) in [5.41, 5.74) is 2.65. The molecule has 84 valence electrons. The summed E-state index contributed by atoms with van der Waals surface area (Å²) in [5.74, 6) is 0. The molecule has 0 bridgehead atoms. The van der Waals surface area contributed by atoms with Gasteiger partial charge >= 0.3 is 0 Å². The third kappa shape index (κ3) is 2.26. The molecule has 2 heterocycles. The van der Waals surface area contributed by atoms with Gasteiger partial charge in [0.1, 0.15) is 6.10 Å². The molecular formula is C12H12ClNOS. The largest absolute Gasteiger partial charge is 0.383 e. The van der Waals surface area contributed by atoms with E-state index in [2.05, 4.69) is 4.98 Å². The van der Waals surface area contributed by atoms with Crippen LogP contribution in [0, 0.1) is 13.8 Å². The van der Waals surface area contributed by atoms with E-state index in [1.807, 2.05) is 32.0 Å². The molecule has 1 atom stereocenters. The van der Waals surface area contributed by atoms with Crippen LogP contribution in [-0.2, 0) is 0 Å². The number of aliphatic hydroxyl groups excluding tert-OH is 1. The fraction of sp³-hybridized carbons (Fsp3) is 0.250. The SMILES string of the molecule is Cc1ccc(C(O)c2ccc(Cl)s2)c(C)n1. The monoisotopic (exact) mass is 253 g/mol. The van der Waals surface area contributed by atoms with Gasteiger partial charge in [-0.3, -0.25) is 4.98 Å². The van der Waals surface area contributed by atoms with Crippen LogP contribution in [0.5, 0.6) is 0 Å². The minimum absolute atomic E-state index is 0.634. The van der Waals surface area contributed by atoms with Gasteiger partial charge in [0, 0.05) is 21.8 Å². The molecule has 0 fully saturated rings. The van der Waals surface area contributed by atoms with Crippen LogP contribution < -0.4 is 0 Å². The van der Waals surface area contributed by atoms with Crippen LogP contribution in [0.3, 0.4) is 0 Å². The van der Waals surface area contributed by atoms with Gasteiger partial charge in [-0.2, -0.15) is 0 Å². The standard InChI is InChI=1S/C12H12ClNOS/c1-7-3-4-9(8(2)14-7)12(15)10-5-6-11(13)16-10/h3-6,12,15H,1-2H3. The maximum absolute atomic E-state index is 10.2. The Bertz CT molecular complexity index is 509. The van der Waals surface area contributed by atoms with E-state index in [-0.39, 0.29) is 0 Å². The third-order valence-corrected chi connectivity index (χ3v) is 3.71. The van der Waals surface area contributed by atoms with Gasteiger partial charge in [0.05, 0.1) is 4.34 Å². The van der Waals surface area contributed by atoms with Gasteiger partial charge in [-0.15, -0.1) is 11.3 Å². The Labute approximate surface area is 104 Å². The lowest BCUT2D eigenvalue weighted by Gasteiger charge is -2.11. The summed E-state index contributed by atoms with van der Waals surface area (Å²) in [6.45, 7) is 3.84. The second-order valence-electron chi connectivity index (χ2n) is 3.67. The maximum atomic E-state index is 10.2. The fourth-order valence-electron chi connectivity index (χ4n) is 1.61. The Hall–Kier alpha value is -0.900. The zero-order valence-electron chi connectivity index (χ0n) is 9.07. The lowest BCUT2D eigenvalue weighted by atomic mass is 10.1. The van der Waals surface area contributed by atoms with Crippen molar-refractivity contribution in [1.82, 2.24) is 4.98 Å². The smallest absolute Gasteiger partial charge is 0.115 e. The van der Waals surface area contributed by atoms with Crippen molar-refractivity contribution in [2.75, 3.05) is 0 Å². The maximum Gasteiger partial charge on any atom is 0.115 e. The highest BCUT2D eigenvalue weighted by molar-refractivity contribution is 7.16. The van der Waals surface area contributed by atoms with Crippen molar-refractivity contribution >= 4 is 22.9 Å². The first-order chi connectivity index (χ1) is 7.58. The van der Waals surface area contributed by atoms with Crippen molar-refractivity contribution in [3.63, 3.8) is 0 Å². The zero-order chi connectivity index (χ0) is 11.7. The molecule has 0 spiro atoms. The lowest BCUT2D eigenvalue weighted by Crippen LogP contribution is -2.02. The first kappa shape index (κ1) is 11.6. The van der Waals surface area contributed by atoms with Gasteiger partial charge < -0.3 is 5.11 Å². The molecule has 0 amide bonds. The summed E-state index contributed by atoms with van der Waals surface area (Å²) >= 11 is 7.24. The first-order valence-electron chi connectivity index (χ1n) is 4.95. The highest BCUT2D eigenvalue weighted by Crippen LogP contribution is 2.31. The number of nitrogens with zero attached hydrogens (tertiary/aromatic N) is 1. The van der Waals surface area contributed by atoms with Crippen molar-refractivity contribution in [2.45, 2.75) is 20.0 Å². The lowest BCUT2D eigenvalue weighted by molar-refractivity contribution is 0.223. The van der Waals surface area contributed by atoms with Gasteiger partial charge in [-0.1, -0.05) is 17.7 Å². The van der Waals surface area contributed by atoms with E-state index in [1.54, 1.807) is 6.07 Å². The van der Waals surface area contributed by atoms with Crippen LogP contribution in [0.15, 0.2) is 24.3 Å². The van der Waals surface area contributed by atoms with E-state index < -0.39 is 6.10 Å².